The highest BCUT2D eigenvalue weighted by Gasteiger charge is 2.19. The van der Waals surface area contributed by atoms with Gasteiger partial charge in [0, 0.05) is 11.3 Å². The second-order valence-electron chi connectivity index (χ2n) is 6.34. The van der Waals surface area contributed by atoms with E-state index in [4.69, 9.17) is 5.11 Å². The minimum absolute atomic E-state index is 0.252. The van der Waals surface area contributed by atoms with Gasteiger partial charge in [0.1, 0.15) is 11.9 Å². The molecule has 0 bridgehead atoms. The van der Waals surface area contributed by atoms with Crippen LogP contribution in [0.2, 0.25) is 0 Å². The Kier molecular flexibility index (Phi) is 7.13. The maximum Gasteiger partial charge on any atom is 0.320 e. The van der Waals surface area contributed by atoms with Gasteiger partial charge in [0.25, 0.3) is 0 Å². The molecule has 0 spiro atoms. The predicted molar refractivity (Wildman–Crippen MR) is 95.9 cm³/mol. The van der Waals surface area contributed by atoms with Gasteiger partial charge in [0.2, 0.25) is 0 Å². The Bertz CT molecular complexity index is 670. The lowest BCUT2D eigenvalue weighted by Crippen LogP contribution is -2.38. The van der Waals surface area contributed by atoms with E-state index in [2.05, 4.69) is 10.2 Å². The zero-order valence-corrected chi connectivity index (χ0v) is 14.8. The van der Waals surface area contributed by atoms with Gasteiger partial charge < -0.3 is 5.11 Å². The molecule has 2 N–H and O–H groups in total. The van der Waals surface area contributed by atoms with Crippen LogP contribution in [0.25, 0.3) is 11.3 Å². The van der Waals surface area contributed by atoms with Gasteiger partial charge in [-0.3, -0.25) is 14.8 Å². The summed E-state index contributed by atoms with van der Waals surface area (Å²) < 4.78 is 13.0. The van der Waals surface area contributed by atoms with E-state index in [-0.39, 0.29) is 5.82 Å². The van der Waals surface area contributed by atoms with Gasteiger partial charge in [-0.25, -0.2) is 4.39 Å². The number of hydrogen-bond acceptors (Lipinski definition) is 3. The number of carboxylic acids is 1. The summed E-state index contributed by atoms with van der Waals surface area (Å²) in [6, 6.07) is 7.90. The maximum absolute atomic E-state index is 13.0. The van der Waals surface area contributed by atoms with Gasteiger partial charge in [-0.05, 0) is 69.6 Å². The summed E-state index contributed by atoms with van der Waals surface area (Å²) in [6.07, 6.45) is 4.54. The number of H-pyrrole nitrogens is 1. The average Bonchev–Trinajstić information content (AvgIpc) is 3.04. The Morgan fingerprint density at radius 1 is 1.28 bits per heavy atom. The van der Waals surface area contributed by atoms with Crippen LogP contribution in [-0.4, -0.2) is 45.8 Å². The summed E-state index contributed by atoms with van der Waals surface area (Å²) in [4.78, 5) is 13.0. The number of nitrogens with zero attached hydrogens (tertiary/aromatic N) is 2. The molecule has 5 nitrogen and oxygen atoms in total. The van der Waals surface area contributed by atoms with E-state index in [0.717, 1.165) is 49.2 Å². The van der Waals surface area contributed by atoms with E-state index in [1.54, 1.807) is 12.1 Å². The zero-order valence-electron chi connectivity index (χ0n) is 14.8. The van der Waals surface area contributed by atoms with Crippen molar-refractivity contribution in [3.8, 4) is 11.3 Å². The van der Waals surface area contributed by atoms with Gasteiger partial charge in [0.15, 0.2) is 0 Å². The van der Waals surface area contributed by atoms with E-state index < -0.39 is 12.0 Å². The Balaban J connectivity index is 1.72. The van der Waals surface area contributed by atoms with Crippen LogP contribution in [0.4, 0.5) is 4.39 Å². The lowest BCUT2D eigenvalue weighted by molar-refractivity contribution is -0.142. The number of unbranched alkanes of at least 4 members (excludes halogenated alkanes) is 2. The van der Waals surface area contributed by atoms with Crippen LogP contribution in [0, 0.1) is 5.82 Å². The van der Waals surface area contributed by atoms with Gasteiger partial charge in [-0.1, -0.05) is 13.3 Å². The lowest BCUT2D eigenvalue weighted by Gasteiger charge is -2.23. The topological polar surface area (TPSA) is 69.2 Å². The molecule has 2 rings (SSSR count). The Morgan fingerprint density at radius 3 is 2.64 bits per heavy atom. The molecule has 0 radical (unpaired) electrons. The predicted octanol–water partition coefficient (Wildman–Crippen LogP) is 3.72. The van der Waals surface area contributed by atoms with Gasteiger partial charge in [-0.15, -0.1) is 0 Å². The minimum atomic E-state index is -0.754. The molecule has 136 valence electrons. The van der Waals surface area contributed by atoms with E-state index in [0.29, 0.717) is 6.42 Å². The third-order valence-electron chi connectivity index (χ3n) is 4.43. The molecule has 1 aromatic carbocycles. The highest BCUT2D eigenvalue weighted by molar-refractivity contribution is 5.73. The summed E-state index contributed by atoms with van der Waals surface area (Å²) in [6.45, 7) is 2.68. The molecule has 0 saturated heterocycles. The van der Waals surface area contributed by atoms with Gasteiger partial charge in [0.05, 0.1) is 5.69 Å². The fourth-order valence-electron chi connectivity index (χ4n) is 2.94. The molecular weight excluding hydrogens is 321 g/mol. The van der Waals surface area contributed by atoms with Crippen molar-refractivity contribution in [2.24, 2.45) is 0 Å². The summed E-state index contributed by atoms with van der Waals surface area (Å²) >= 11 is 0. The average molecular weight is 347 g/mol. The quantitative estimate of drug-likeness (QED) is 0.643. The minimum Gasteiger partial charge on any atom is -0.480 e. The Hall–Kier alpha value is -2.21. The number of carboxylic acid groups (broad SMARTS) is 1. The number of likely N-dealkylation sites (N-methyl/N-ethyl adjacent to an activating group) is 1. The molecule has 1 aromatic heterocycles. The van der Waals surface area contributed by atoms with Crippen LogP contribution in [0.1, 0.15) is 38.3 Å². The largest absolute Gasteiger partial charge is 0.480 e. The summed E-state index contributed by atoms with van der Waals surface area (Å²) in [5.41, 5.74) is 2.77. The van der Waals surface area contributed by atoms with Crippen molar-refractivity contribution >= 4 is 5.97 Å². The molecule has 1 heterocycles. The molecule has 0 aliphatic heterocycles. The molecule has 1 unspecified atom stereocenters. The zero-order chi connectivity index (χ0) is 18.2. The van der Waals surface area contributed by atoms with Crippen LogP contribution in [0.15, 0.2) is 30.3 Å². The molecule has 6 heteroatoms. The number of halogens is 1. The second-order valence-corrected chi connectivity index (χ2v) is 6.34. The van der Waals surface area contributed by atoms with Gasteiger partial charge >= 0.3 is 5.97 Å². The monoisotopic (exact) mass is 347 g/mol. The molecule has 1 atom stereocenters. The van der Waals surface area contributed by atoms with Crippen LogP contribution >= 0.6 is 0 Å². The lowest BCUT2D eigenvalue weighted by atomic mass is 10.1. The van der Waals surface area contributed by atoms with Crippen LogP contribution in [0.5, 0.6) is 0 Å². The Labute approximate surface area is 147 Å². The van der Waals surface area contributed by atoms with Crippen molar-refractivity contribution < 1.29 is 14.3 Å². The SMILES string of the molecule is CCC(C(=O)O)N(C)CCCCCc1cc(-c2ccc(F)cc2)n[nH]1. The third-order valence-corrected chi connectivity index (χ3v) is 4.43. The highest BCUT2D eigenvalue weighted by atomic mass is 19.1. The highest BCUT2D eigenvalue weighted by Crippen LogP contribution is 2.19. The molecule has 0 amide bonds. The first-order valence-electron chi connectivity index (χ1n) is 8.74. The molecule has 0 fully saturated rings. The second kappa shape index (κ2) is 9.32. The number of carbonyl (C=O) groups is 1. The first-order chi connectivity index (χ1) is 12.0. The maximum atomic E-state index is 13.0. The van der Waals surface area contributed by atoms with Crippen LogP contribution < -0.4 is 0 Å². The number of nitrogens with one attached hydrogen (secondary N) is 1. The van der Waals surface area contributed by atoms with E-state index in [1.165, 1.54) is 12.1 Å². The van der Waals surface area contributed by atoms with Crippen molar-refractivity contribution in [3.05, 3.63) is 41.8 Å². The van der Waals surface area contributed by atoms with Crippen molar-refractivity contribution in [3.63, 3.8) is 0 Å². The number of aromatic amines is 1. The van der Waals surface area contributed by atoms with Crippen molar-refractivity contribution in [2.75, 3.05) is 13.6 Å². The number of aliphatic carboxylic acids is 1. The summed E-state index contributed by atoms with van der Waals surface area (Å²) in [5.74, 6) is -1.01. The van der Waals surface area contributed by atoms with E-state index in [9.17, 15) is 9.18 Å². The molecule has 25 heavy (non-hydrogen) atoms. The van der Waals surface area contributed by atoms with E-state index >= 15 is 0 Å². The number of benzene rings is 1. The van der Waals surface area contributed by atoms with Crippen molar-refractivity contribution in [2.45, 2.75) is 45.1 Å². The molecule has 0 aliphatic carbocycles. The number of rotatable bonds is 10. The fraction of sp³-hybridized carbons (Fsp3) is 0.474. The molecular formula is C19H26FN3O2. The smallest absolute Gasteiger partial charge is 0.320 e. The molecule has 2 aromatic rings. The Morgan fingerprint density at radius 2 is 2.00 bits per heavy atom. The third kappa shape index (κ3) is 5.67. The number of hydrogen-bond donors (Lipinski definition) is 2. The first-order valence-corrected chi connectivity index (χ1v) is 8.74. The van der Waals surface area contributed by atoms with Crippen LogP contribution in [-0.2, 0) is 11.2 Å². The van der Waals surface area contributed by atoms with Gasteiger partial charge in [-0.2, -0.15) is 5.10 Å². The standard InChI is InChI=1S/C19H26FN3O2/c1-3-18(19(24)25)23(2)12-6-4-5-7-16-13-17(22-21-16)14-8-10-15(20)11-9-14/h8-11,13,18H,3-7,12H2,1-2H3,(H,21,22)(H,24,25). The van der Waals surface area contributed by atoms with E-state index in [1.807, 2.05) is 24.9 Å². The number of aromatic nitrogens is 2. The fourth-order valence-corrected chi connectivity index (χ4v) is 2.94. The van der Waals surface area contributed by atoms with Crippen molar-refractivity contribution in [1.29, 1.82) is 0 Å². The van der Waals surface area contributed by atoms with Crippen LogP contribution in [0.3, 0.4) is 0 Å². The summed E-state index contributed by atoms with van der Waals surface area (Å²) in [7, 11) is 1.87. The number of aryl methyl sites for hydroxylation is 1. The molecule has 0 aliphatic rings. The molecule has 0 saturated carbocycles. The summed E-state index contributed by atoms with van der Waals surface area (Å²) in [5, 5.41) is 16.4. The van der Waals surface area contributed by atoms with Crippen molar-refractivity contribution in [1.82, 2.24) is 15.1 Å². The normalized spacial score (nSPS) is 12.5. The first kappa shape index (κ1) is 19.1.